The van der Waals surface area contributed by atoms with Crippen molar-refractivity contribution < 1.29 is 14.3 Å². The number of amides is 1. The molecule has 1 N–H and O–H groups in total. The molecule has 3 rings (SSSR count). The van der Waals surface area contributed by atoms with Crippen molar-refractivity contribution in [2.75, 3.05) is 13.7 Å². The molecule has 0 radical (unpaired) electrons. The van der Waals surface area contributed by atoms with Crippen LogP contribution >= 0.6 is 23.2 Å². The second-order valence-corrected chi connectivity index (χ2v) is 7.68. The summed E-state index contributed by atoms with van der Waals surface area (Å²) in [4.78, 5) is 16.1. The quantitative estimate of drug-likeness (QED) is 0.673. The summed E-state index contributed by atoms with van der Waals surface area (Å²) in [6.07, 6.45) is 8.70. The van der Waals surface area contributed by atoms with Crippen LogP contribution in [0.5, 0.6) is 11.5 Å². The summed E-state index contributed by atoms with van der Waals surface area (Å²) in [6.45, 7) is 0.505. The molecule has 0 spiro atoms. The predicted octanol–water partition coefficient (Wildman–Crippen LogP) is 4.62. The molecular formula is C21H24Cl2N2O3. The van der Waals surface area contributed by atoms with Gasteiger partial charge in [0.1, 0.15) is 0 Å². The summed E-state index contributed by atoms with van der Waals surface area (Å²) >= 11 is 12.1. The summed E-state index contributed by atoms with van der Waals surface area (Å²) in [5.41, 5.74) is 1.65. The number of hydrogen-bond acceptors (Lipinski definition) is 4. The number of nitrogens with one attached hydrogen (secondary N) is 1. The van der Waals surface area contributed by atoms with Crippen molar-refractivity contribution in [2.45, 2.75) is 44.6 Å². The van der Waals surface area contributed by atoms with Gasteiger partial charge in [-0.15, -0.1) is 0 Å². The number of carbonyl (C=O) groups is 1. The van der Waals surface area contributed by atoms with Gasteiger partial charge < -0.3 is 14.8 Å². The average molecular weight is 423 g/mol. The number of aromatic nitrogens is 1. The molecule has 1 aliphatic carbocycles. The SMILES string of the molecule is COc1cc(CCNC(=O)Cc2c(Cl)cncc2Cl)ccc1OC1CCCC1. The van der Waals surface area contributed by atoms with Gasteiger partial charge in [0.2, 0.25) is 5.91 Å². The molecule has 150 valence electrons. The number of methoxy groups -OCH3 is 1. The number of carbonyl (C=O) groups excluding carboxylic acids is 1. The molecule has 0 bridgehead atoms. The molecule has 0 aliphatic heterocycles. The van der Waals surface area contributed by atoms with Gasteiger partial charge in [0.15, 0.2) is 11.5 Å². The number of benzene rings is 1. The largest absolute Gasteiger partial charge is 0.493 e. The Morgan fingerprint density at radius 1 is 1.18 bits per heavy atom. The van der Waals surface area contributed by atoms with Crippen molar-refractivity contribution in [2.24, 2.45) is 0 Å². The van der Waals surface area contributed by atoms with Gasteiger partial charge in [-0.3, -0.25) is 9.78 Å². The highest BCUT2D eigenvalue weighted by molar-refractivity contribution is 6.36. The molecule has 0 saturated heterocycles. The van der Waals surface area contributed by atoms with Crippen molar-refractivity contribution in [3.05, 3.63) is 51.8 Å². The number of pyridine rings is 1. The first-order chi connectivity index (χ1) is 13.6. The molecule has 0 unspecified atom stereocenters. The van der Waals surface area contributed by atoms with Crippen molar-refractivity contribution in [3.8, 4) is 11.5 Å². The molecule has 0 atom stereocenters. The maximum Gasteiger partial charge on any atom is 0.224 e. The highest BCUT2D eigenvalue weighted by Crippen LogP contribution is 2.32. The van der Waals surface area contributed by atoms with Crippen LogP contribution in [-0.2, 0) is 17.6 Å². The lowest BCUT2D eigenvalue weighted by atomic mass is 10.1. The van der Waals surface area contributed by atoms with Crippen molar-refractivity contribution in [1.29, 1.82) is 0 Å². The normalized spacial score (nSPS) is 14.1. The van der Waals surface area contributed by atoms with Crippen LogP contribution in [0.1, 0.15) is 36.8 Å². The molecule has 28 heavy (non-hydrogen) atoms. The van der Waals surface area contributed by atoms with Crippen LogP contribution in [-0.4, -0.2) is 30.6 Å². The second-order valence-electron chi connectivity index (χ2n) is 6.87. The fraction of sp³-hybridized carbons (Fsp3) is 0.429. The lowest BCUT2D eigenvalue weighted by molar-refractivity contribution is -0.120. The summed E-state index contributed by atoms with van der Waals surface area (Å²) < 4.78 is 11.5. The van der Waals surface area contributed by atoms with Crippen molar-refractivity contribution in [1.82, 2.24) is 10.3 Å². The first-order valence-corrected chi connectivity index (χ1v) is 10.2. The molecule has 1 heterocycles. The smallest absolute Gasteiger partial charge is 0.224 e. The summed E-state index contributed by atoms with van der Waals surface area (Å²) in [5, 5.41) is 3.68. The lowest BCUT2D eigenvalue weighted by Gasteiger charge is -2.16. The minimum Gasteiger partial charge on any atom is -0.493 e. The van der Waals surface area contributed by atoms with Gasteiger partial charge in [-0.05, 0) is 49.8 Å². The number of hydrogen-bond donors (Lipinski definition) is 1. The van der Waals surface area contributed by atoms with E-state index in [0.29, 0.717) is 28.6 Å². The fourth-order valence-electron chi connectivity index (χ4n) is 3.33. The molecule has 1 aromatic carbocycles. The molecule has 1 aliphatic rings. The number of nitrogens with zero attached hydrogens (tertiary/aromatic N) is 1. The highest BCUT2D eigenvalue weighted by Gasteiger charge is 2.18. The van der Waals surface area contributed by atoms with Crippen LogP contribution < -0.4 is 14.8 Å². The van der Waals surface area contributed by atoms with E-state index in [0.717, 1.165) is 29.9 Å². The van der Waals surface area contributed by atoms with Gasteiger partial charge in [0.05, 0.1) is 29.7 Å². The molecule has 1 fully saturated rings. The van der Waals surface area contributed by atoms with Gasteiger partial charge in [0.25, 0.3) is 0 Å². The topological polar surface area (TPSA) is 60.5 Å². The first-order valence-electron chi connectivity index (χ1n) is 9.45. The van der Waals surface area contributed by atoms with Crippen LogP contribution in [0.3, 0.4) is 0 Å². The Hall–Kier alpha value is -1.98. The van der Waals surface area contributed by atoms with E-state index in [4.69, 9.17) is 32.7 Å². The maximum absolute atomic E-state index is 12.2. The molecular weight excluding hydrogens is 399 g/mol. The molecule has 1 amide bonds. The Morgan fingerprint density at radius 2 is 1.89 bits per heavy atom. The van der Waals surface area contributed by atoms with Crippen LogP contribution in [0, 0.1) is 0 Å². The van der Waals surface area contributed by atoms with Gasteiger partial charge in [0, 0.05) is 24.5 Å². The van der Waals surface area contributed by atoms with E-state index in [2.05, 4.69) is 10.3 Å². The predicted molar refractivity (Wildman–Crippen MR) is 111 cm³/mol. The third-order valence-electron chi connectivity index (χ3n) is 4.85. The van der Waals surface area contributed by atoms with Gasteiger partial charge in [-0.2, -0.15) is 0 Å². The number of halogens is 2. The highest BCUT2D eigenvalue weighted by atomic mass is 35.5. The minimum absolute atomic E-state index is 0.123. The fourth-order valence-corrected chi connectivity index (χ4v) is 3.83. The third kappa shape index (κ3) is 5.52. The number of rotatable bonds is 8. The van der Waals surface area contributed by atoms with E-state index in [1.54, 1.807) is 7.11 Å². The van der Waals surface area contributed by atoms with E-state index < -0.39 is 0 Å². The molecule has 7 heteroatoms. The van der Waals surface area contributed by atoms with Crippen LogP contribution in [0.2, 0.25) is 10.0 Å². The lowest BCUT2D eigenvalue weighted by Crippen LogP contribution is -2.27. The minimum atomic E-state index is -0.136. The Morgan fingerprint density at radius 3 is 2.57 bits per heavy atom. The number of ether oxygens (including phenoxy) is 2. The molecule has 1 saturated carbocycles. The summed E-state index contributed by atoms with van der Waals surface area (Å²) in [7, 11) is 1.64. The van der Waals surface area contributed by atoms with Crippen molar-refractivity contribution >= 4 is 29.1 Å². The zero-order chi connectivity index (χ0) is 19.9. The van der Waals surface area contributed by atoms with Gasteiger partial charge >= 0.3 is 0 Å². The zero-order valence-corrected chi connectivity index (χ0v) is 17.4. The Kier molecular flexibility index (Phi) is 7.40. The van der Waals surface area contributed by atoms with E-state index >= 15 is 0 Å². The van der Waals surface area contributed by atoms with E-state index in [1.165, 1.54) is 25.2 Å². The van der Waals surface area contributed by atoms with Crippen LogP contribution in [0.4, 0.5) is 0 Å². The Labute approximate surface area is 175 Å². The van der Waals surface area contributed by atoms with Gasteiger partial charge in [-0.25, -0.2) is 0 Å². The van der Waals surface area contributed by atoms with E-state index in [9.17, 15) is 4.79 Å². The average Bonchev–Trinajstić information content (AvgIpc) is 3.19. The maximum atomic E-state index is 12.2. The third-order valence-corrected chi connectivity index (χ3v) is 5.50. The van der Waals surface area contributed by atoms with Crippen molar-refractivity contribution in [3.63, 3.8) is 0 Å². The molecule has 2 aromatic rings. The van der Waals surface area contributed by atoms with Crippen LogP contribution in [0.25, 0.3) is 0 Å². The van der Waals surface area contributed by atoms with Crippen LogP contribution in [0.15, 0.2) is 30.6 Å². The van der Waals surface area contributed by atoms with E-state index in [1.807, 2.05) is 18.2 Å². The monoisotopic (exact) mass is 422 g/mol. The summed E-state index contributed by atoms with van der Waals surface area (Å²) in [6, 6.07) is 5.92. The molecule has 5 nitrogen and oxygen atoms in total. The van der Waals surface area contributed by atoms with E-state index in [-0.39, 0.29) is 18.4 Å². The molecule has 1 aromatic heterocycles. The second kappa shape index (κ2) is 9.99. The Bertz CT molecular complexity index is 803. The summed E-state index contributed by atoms with van der Waals surface area (Å²) in [5.74, 6) is 1.37. The first kappa shape index (κ1) is 20.7. The standard InChI is InChI=1S/C21H24Cl2N2O3/c1-27-20-10-14(6-7-19(20)28-15-4-2-3-5-15)8-9-25-21(26)11-16-17(22)12-24-13-18(16)23/h6-7,10,12-13,15H,2-5,8-9,11H2,1H3,(H,25,26). The Balaban J connectivity index is 1.52. The van der Waals surface area contributed by atoms with Gasteiger partial charge in [-0.1, -0.05) is 29.3 Å². The zero-order valence-electron chi connectivity index (χ0n) is 15.8.